The first-order valence-electron chi connectivity index (χ1n) is 10.4. The van der Waals surface area contributed by atoms with E-state index in [1.807, 2.05) is 13.1 Å². The van der Waals surface area contributed by atoms with E-state index in [9.17, 15) is 4.79 Å². The molecule has 2 heterocycles. The molecule has 1 aliphatic carbocycles. The largest absolute Gasteiger partial charge is 0.303 e. The van der Waals surface area contributed by atoms with E-state index < -0.39 is 0 Å². The van der Waals surface area contributed by atoms with Crippen LogP contribution in [0.25, 0.3) is 0 Å². The molecular formula is C21H35N3O. The van der Waals surface area contributed by atoms with Crippen molar-refractivity contribution >= 4 is 5.78 Å². The Kier molecular flexibility index (Phi) is 6.32. The molecule has 2 fully saturated rings. The van der Waals surface area contributed by atoms with Crippen LogP contribution in [0, 0.1) is 11.8 Å². The number of likely N-dealkylation sites (tertiary alicyclic amines) is 1. The number of nitrogens with zero attached hydrogens (tertiary/aromatic N) is 3. The van der Waals surface area contributed by atoms with E-state index in [-0.39, 0.29) is 0 Å². The number of ketones is 1. The van der Waals surface area contributed by atoms with Gasteiger partial charge in [-0.05, 0) is 55.9 Å². The lowest BCUT2D eigenvalue weighted by Crippen LogP contribution is -2.39. The predicted octanol–water partition coefficient (Wildman–Crippen LogP) is 4.43. The molecule has 0 bridgehead atoms. The van der Waals surface area contributed by atoms with Gasteiger partial charge >= 0.3 is 0 Å². The third-order valence-electron chi connectivity index (χ3n) is 6.39. The van der Waals surface area contributed by atoms with Gasteiger partial charge in [0.2, 0.25) is 0 Å². The average Bonchev–Trinajstić information content (AvgIpc) is 3.13. The van der Waals surface area contributed by atoms with Gasteiger partial charge in [0.1, 0.15) is 5.78 Å². The highest BCUT2D eigenvalue weighted by Crippen LogP contribution is 2.32. The zero-order valence-electron chi connectivity index (χ0n) is 16.3. The van der Waals surface area contributed by atoms with E-state index in [4.69, 9.17) is 0 Å². The summed E-state index contributed by atoms with van der Waals surface area (Å²) in [5, 5.41) is 4.60. The first kappa shape index (κ1) is 18.6. The van der Waals surface area contributed by atoms with Gasteiger partial charge in [0.05, 0.1) is 12.2 Å². The van der Waals surface area contributed by atoms with Crippen LogP contribution in [0.2, 0.25) is 0 Å². The molecule has 4 heteroatoms. The minimum atomic E-state index is 0.363. The van der Waals surface area contributed by atoms with E-state index in [0.29, 0.717) is 23.7 Å². The molecule has 0 atom stereocenters. The number of carbonyl (C=O) groups is 1. The van der Waals surface area contributed by atoms with Crippen molar-refractivity contribution in [3.05, 3.63) is 18.0 Å². The molecule has 0 spiro atoms. The van der Waals surface area contributed by atoms with Crippen molar-refractivity contribution in [2.75, 3.05) is 19.6 Å². The van der Waals surface area contributed by atoms with Crippen molar-refractivity contribution < 1.29 is 4.79 Å². The molecule has 1 saturated carbocycles. The van der Waals surface area contributed by atoms with Crippen molar-refractivity contribution in [3.63, 3.8) is 0 Å². The summed E-state index contributed by atoms with van der Waals surface area (Å²) in [5.74, 6) is 2.21. The van der Waals surface area contributed by atoms with Gasteiger partial charge < -0.3 is 4.90 Å². The Morgan fingerprint density at radius 2 is 1.84 bits per heavy atom. The van der Waals surface area contributed by atoms with Gasteiger partial charge in [-0.3, -0.25) is 9.48 Å². The maximum Gasteiger partial charge on any atom is 0.135 e. The van der Waals surface area contributed by atoms with Crippen LogP contribution in [-0.2, 0) is 4.79 Å². The lowest BCUT2D eigenvalue weighted by Gasteiger charge is -2.36. The third kappa shape index (κ3) is 4.72. The van der Waals surface area contributed by atoms with E-state index in [1.54, 1.807) is 0 Å². The molecule has 0 radical (unpaired) electrons. The summed E-state index contributed by atoms with van der Waals surface area (Å²) in [7, 11) is 0. The highest BCUT2D eigenvalue weighted by molar-refractivity contribution is 5.80. The SMILES string of the molecule is CCC(=O)[C@H]1CC[C@H](CN2CCC(n3cc(C(C)C)cn3)CC2)CC1. The molecule has 0 unspecified atom stereocenters. The Balaban J connectivity index is 1.41. The maximum atomic E-state index is 11.9. The summed E-state index contributed by atoms with van der Waals surface area (Å²) >= 11 is 0. The minimum absolute atomic E-state index is 0.363. The molecule has 0 amide bonds. The molecule has 1 aromatic rings. The van der Waals surface area contributed by atoms with Gasteiger partial charge in [-0.25, -0.2) is 0 Å². The number of piperidine rings is 1. The molecule has 2 aliphatic rings. The van der Waals surface area contributed by atoms with E-state index in [1.165, 1.54) is 50.9 Å². The first-order chi connectivity index (χ1) is 12.1. The second kappa shape index (κ2) is 8.48. The van der Waals surface area contributed by atoms with E-state index in [2.05, 4.69) is 34.7 Å². The standard InChI is InChI=1S/C21H35N3O/c1-4-21(25)18-7-5-17(6-8-18)14-23-11-9-20(10-12-23)24-15-19(13-22-24)16(2)3/h13,15-18,20H,4-12,14H2,1-3H3/t17-,18-. The first-order valence-corrected chi connectivity index (χ1v) is 10.4. The fourth-order valence-electron chi connectivity index (χ4n) is 4.54. The number of hydrogen-bond acceptors (Lipinski definition) is 3. The quantitative estimate of drug-likeness (QED) is 0.765. The Bertz CT molecular complexity index is 549. The summed E-state index contributed by atoms with van der Waals surface area (Å²) in [6.07, 6.45) is 12.2. The number of aromatic nitrogens is 2. The predicted molar refractivity (Wildman–Crippen MR) is 102 cm³/mol. The Morgan fingerprint density at radius 3 is 2.40 bits per heavy atom. The summed E-state index contributed by atoms with van der Waals surface area (Å²) in [6, 6.07) is 0.571. The second-order valence-corrected chi connectivity index (χ2v) is 8.48. The Hall–Kier alpha value is -1.16. The van der Waals surface area contributed by atoms with Crippen molar-refractivity contribution in [3.8, 4) is 0 Å². The molecule has 0 N–H and O–H groups in total. The zero-order valence-corrected chi connectivity index (χ0v) is 16.3. The molecule has 1 saturated heterocycles. The lowest BCUT2D eigenvalue weighted by atomic mass is 9.79. The maximum absolute atomic E-state index is 11.9. The van der Waals surface area contributed by atoms with Gasteiger partial charge in [-0.15, -0.1) is 0 Å². The zero-order chi connectivity index (χ0) is 17.8. The molecular weight excluding hydrogens is 310 g/mol. The van der Waals surface area contributed by atoms with Crippen molar-refractivity contribution in [1.29, 1.82) is 0 Å². The van der Waals surface area contributed by atoms with Gasteiger partial charge in [0, 0.05) is 38.2 Å². The minimum Gasteiger partial charge on any atom is -0.303 e. The number of hydrogen-bond donors (Lipinski definition) is 0. The Morgan fingerprint density at radius 1 is 1.16 bits per heavy atom. The van der Waals surface area contributed by atoms with Crippen LogP contribution in [0.4, 0.5) is 0 Å². The van der Waals surface area contributed by atoms with Crippen LogP contribution >= 0.6 is 0 Å². The summed E-state index contributed by atoms with van der Waals surface area (Å²) < 4.78 is 2.20. The van der Waals surface area contributed by atoms with Gasteiger partial charge in [0.25, 0.3) is 0 Å². The van der Waals surface area contributed by atoms with Gasteiger partial charge in [-0.2, -0.15) is 5.10 Å². The Labute approximate surface area is 153 Å². The fraction of sp³-hybridized carbons (Fsp3) is 0.810. The monoisotopic (exact) mass is 345 g/mol. The van der Waals surface area contributed by atoms with Crippen LogP contribution in [0.15, 0.2) is 12.4 Å². The van der Waals surface area contributed by atoms with Crippen molar-refractivity contribution in [2.24, 2.45) is 11.8 Å². The molecule has 25 heavy (non-hydrogen) atoms. The smallest absolute Gasteiger partial charge is 0.135 e. The molecule has 1 aliphatic heterocycles. The van der Waals surface area contributed by atoms with Gasteiger partial charge in [0.15, 0.2) is 0 Å². The molecule has 1 aromatic heterocycles. The lowest BCUT2D eigenvalue weighted by molar-refractivity contribution is -0.123. The van der Waals surface area contributed by atoms with Crippen LogP contribution in [0.1, 0.15) is 83.2 Å². The second-order valence-electron chi connectivity index (χ2n) is 8.48. The fourth-order valence-corrected chi connectivity index (χ4v) is 4.54. The van der Waals surface area contributed by atoms with E-state index >= 15 is 0 Å². The summed E-state index contributed by atoms with van der Waals surface area (Å²) in [5.41, 5.74) is 1.35. The normalized spacial score (nSPS) is 26.2. The molecule has 3 rings (SSSR count). The van der Waals surface area contributed by atoms with Gasteiger partial charge in [-0.1, -0.05) is 20.8 Å². The molecule has 140 valence electrons. The highest BCUT2D eigenvalue weighted by atomic mass is 16.1. The van der Waals surface area contributed by atoms with Crippen LogP contribution in [-0.4, -0.2) is 40.1 Å². The van der Waals surface area contributed by atoms with Crippen molar-refractivity contribution in [2.45, 2.75) is 77.7 Å². The average molecular weight is 346 g/mol. The van der Waals surface area contributed by atoms with E-state index in [0.717, 1.165) is 25.2 Å². The van der Waals surface area contributed by atoms with Crippen LogP contribution in [0.3, 0.4) is 0 Å². The number of Topliss-reactive ketones (excluding diaryl/α,β-unsaturated/α-hetero) is 1. The van der Waals surface area contributed by atoms with Crippen LogP contribution < -0.4 is 0 Å². The third-order valence-corrected chi connectivity index (χ3v) is 6.39. The molecule has 4 nitrogen and oxygen atoms in total. The summed E-state index contributed by atoms with van der Waals surface area (Å²) in [4.78, 5) is 14.5. The van der Waals surface area contributed by atoms with Crippen LogP contribution in [0.5, 0.6) is 0 Å². The number of rotatable bonds is 6. The molecule has 0 aromatic carbocycles. The topological polar surface area (TPSA) is 38.1 Å². The summed E-state index contributed by atoms with van der Waals surface area (Å²) in [6.45, 7) is 10.1. The van der Waals surface area contributed by atoms with Crippen molar-refractivity contribution in [1.82, 2.24) is 14.7 Å². The number of carbonyl (C=O) groups excluding carboxylic acids is 1. The highest BCUT2D eigenvalue weighted by Gasteiger charge is 2.28.